The van der Waals surface area contributed by atoms with Crippen molar-refractivity contribution in [2.75, 3.05) is 5.73 Å². The zero-order chi connectivity index (χ0) is 12.4. The van der Waals surface area contributed by atoms with E-state index >= 15 is 0 Å². The van der Waals surface area contributed by atoms with E-state index in [1.807, 2.05) is 22.6 Å². The van der Waals surface area contributed by atoms with Gasteiger partial charge in [-0.05, 0) is 34.7 Å². The monoisotopic (exact) mass is 363 g/mol. The molecule has 0 fully saturated rings. The molecule has 0 saturated carbocycles. The molecule has 0 spiro atoms. The number of nitrogen functional groups attached to an aromatic ring is 1. The fraction of sp³-hybridized carbons (Fsp3) is 0. The number of aromatic nitrogens is 2. The first-order valence-corrected chi connectivity index (χ1v) is 5.99. The van der Waals surface area contributed by atoms with E-state index in [1.165, 1.54) is 6.33 Å². The number of nitrogens with zero attached hydrogens (tertiary/aromatic N) is 1. The zero-order valence-electron chi connectivity index (χ0n) is 8.41. The maximum absolute atomic E-state index is 11.3. The number of nitrogens with one attached hydrogen (secondary N) is 1. The first kappa shape index (κ1) is 12.2. The van der Waals surface area contributed by atoms with E-state index in [1.54, 1.807) is 18.2 Å². The molecule has 0 aliphatic carbocycles. The Morgan fingerprint density at radius 3 is 3.00 bits per heavy atom. The number of hydrogen-bond donors (Lipinski definition) is 2. The molecule has 1 aromatic heterocycles. The quantitative estimate of drug-likeness (QED) is 0.634. The summed E-state index contributed by atoms with van der Waals surface area (Å²) in [7, 11) is 0. The molecule has 0 atom stereocenters. The van der Waals surface area contributed by atoms with E-state index in [0.29, 0.717) is 20.0 Å². The van der Waals surface area contributed by atoms with Crippen molar-refractivity contribution in [1.29, 1.82) is 0 Å². The number of anilines is 1. The number of rotatable bonds is 2. The number of halogens is 2. The van der Waals surface area contributed by atoms with Crippen LogP contribution in [0.25, 0.3) is 0 Å². The second-order valence-electron chi connectivity index (χ2n) is 3.14. The van der Waals surface area contributed by atoms with Gasteiger partial charge < -0.3 is 15.5 Å². The summed E-state index contributed by atoms with van der Waals surface area (Å²) in [5, 5.41) is 0.494. The Balaban J connectivity index is 2.41. The van der Waals surface area contributed by atoms with E-state index in [-0.39, 0.29) is 11.4 Å². The third kappa shape index (κ3) is 2.70. The summed E-state index contributed by atoms with van der Waals surface area (Å²) in [6, 6.07) is 4.84. The maximum atomic E-state index is 11.3. The first-order valence-electron chi connectivity index (χ1n) is 4.54. The molecule has 3 N–H and O–H groups in total. The summed E-state index contributed by atoms with van der Waals surface area (Å²) >= 11 is 7.68. The fourth-order valence-corrected chi connectivity index (χ4v) is 1.71. The molecule has 7 heteroatoms. The molecule has 2 rings (SSSR count). The SMILES string of the molecule is Nc1ccc(Cl)cc1Oc1nc[nH]c(=O)c1I. The Labute approximate surface area is 115 Å². The van der Waals surface area contributed by atoms with Crippen molar-refractivity contribution >= 4 is 39.9 Å². The standard InChI is InChI=1S/C10H7ClIN3O2/c11-5-1-2-6(13)7(3-5)17-10-8(12)9(16)14-4-15-10/h1-4H,13H2,(H,14,15,16). The van der Waals surface area contributed by atoms with Gasteiger partial charge >= 0.3 is 0 Å². The highest BCUT2D eigenvalue weighted by atomic mass is 127. The molecule has 1 heterocycles. The second kappa shape index (κ2) is 4.92. The van der Waals surface area contributed by atoms with Crippen LogP contribution in [0.15, 0.2) is 29.3 Å². The van der Waals surface area contributed by atoms with E-state index in [9.17, 15) is 4.79 Å². The molecule has 0 bridgehead atoms. The van der Waals surface area contributed by atoms with Crippen LogP contribution in [0.1, 0.15) is 0 Å². The molecule has 0 radical (unpaired) electrons. The average Bonchev–Trinajstić information content (AvgIpc) is 2.30. The number of aromatic amines is 1. The van der Waals surface area contributed by atoms with Crippen molar-refractivity contribution < 1.29 is 4.74 Å². The predicted molar refractivity (Wildman–Crippen MR) is 73.5 cm³/mol. The van der Waals surface area contributed by atoms with Gasteiger partial charge in [-0.3, -0.25) is 4.79 Å². The Hall–Kier alpha value is -1.28. The lowest BCUT2D eigenvalue weighted by Crippen LogP contribution is -2.11. The molecule has 1 aromatic carbocycles. The zero-order valence-corrected chi connectivity index (χ0v) is 11.3. The van der Waals surface area contributed by atoms with Crippen LogP contribution < -0.4 is 16.0 Å². The van der Waals surface area contributed by atoms with Gasteiger partial charge in [0.2, 0.25) is 5.88 Å². The smallest absolute Gasteiger partial charge is 0.268 e. The molecule has 0 aliphatic heterocycles. The van der Waals surface area contributed by atoms with Gasteiger partial charge in [-0.2, -0.15) is 0 Å². The van der Waals surface area contributed by atoms with E-state index in [4.69, 9.17) is 22.1 Å². The summed E-state index contributed by atoms with van der Waals surface area (Å²) in [5.41, 5.74) is 5.88. The van der Waals surface area contributed by atoms with Gasteiger partial charge in [-0.15, -0.1) is 0 Å². The van der Waals surface area contributed by atoms with Gasteiger partial charge in [0.1, 0.15) is 3.57 Å². The van der Waals surface area contributed by atoms with Gasteiger partial charge in [0, 0.05) is 11.1 Å². The summed E-state index contributed by atoms with van der Waals surface area (Å²) in [6.45, 7) is 0. The highest BCUT2D eigenvalue weighted by Gasteiger charge is 2.10. The van der Waals surface area contributed by atoms with Crippen molar-refractivity contribution in [3.63, 3.8) is 0 Å². The Kier molecular flexibility index (Phi) is 3.53. The van der Waals surface area contributed by atoms with Crippen molar-refractivity contribution in [1.82, 2.24) is 9.97 Å². The Bertz CT molecular complexity index is 615. The minimum Gasteiger partial charge on any atom is -0.435 e. The normalized spacial score (nSPS) is 10.2. The summed E-state index contributed by atoms with van der Waals surface area (Å²) < 4.78 is 5.80. The topological polar surface area (TPSA) is 81.0 Å². The summed E-state index contributed by atoms with van der Waals surface area (Å²) in [4.78, 5) is 17.7. The maximum Gasteiger partial charge on any atom is 0.268 e. The number of H-pyrrole nitrogens is 1. The predicted octanol–water partition coefficient (Wildman–Crippen LogP) is 2.40. The van der Waals surface area contributed by atoms with E-state index in [0.717, 1.165) is 0 Å². The molecule has 0 unspecified atom stereocenters. The van der Waals surface area contributed by atoms with Crippen molar-refractivity contribution in [3.05, 3.63) is 43.5 Å². The van der Waals surface area contributed by atoms with Crippen LogP contribution >= 0.6 is 34.2 Å². The van der Waals surface area contributed by atoms with Gasteiger partial charge in [-0.1, -0.05) is 11.6 Å². The number of hydrogen-bond acceptors (Lipinski definition) is 4. The van der Waals surface area contributed by atoms with Crippen molar-refractivity contribution in [2.45, 2.75) is 0 Å². The molecule has 17 heavy (non-hydrogen) atoms. The minimum atomic E-state index is -0.267. The van der Waals surface area contributed by atoms with Crippen molar-refractivity contribution in [3.8, 4) is 11.6 Å². The Morgan fingerprint density at radius 1 is 1.47 bits per heavy atom. The minimum absolute atomic E-state index is 0.198. The lowest BCUT2D eigenvalue weighted by Gasteiger charge is -2.08. The van der Waals surface area contributed by atoms with Crippen LogP contribution in [0, 0.1) is 3.57 Å². The van der Waals surface area contributed by atoms with Crippen LogP contribution in [-0.4, -0.2) is 9.97 Å². The third-order valence-corrected chi connectivity index (χ3v) is 3.13. The van der Waals surface area contributed by atoms with Crippen LogP contribution in [-0.2, 0) is 0 Å². The molecule has 5 nitrogen and oxygen atoms in total. The molecular weight excluding hydrogens is 356 g/mol. The molecule has 0 aliphatic rings. The number of benzene rings is 1. The average molecular weight is 364 g/mol. The van der Waals surface area contributed by atoms with Crippen LogP contribution in [0.4, 0.5) is 5.69 Å². The van der Waals surface area contributed by atoms with E-state index < -0.39 is 0 Å². The number of nitrogens with two attached hydrogens (primary N) is 1. The summed E-state index contributed by atoms with van der Waals surface area (Å²) in [6.07, 6.45) is 1.26. The van der Waals surface area contributed by atoms with Crippen molar-refractivity contribution in [2.24, 2.45) is 0 Å². The summed E-state index contributed by atoms with van der Waals surface area (Å²) in [5.74, 6) is 0.567. The van der Waals surface area contributed by atoms with Gasteiger partial charge in [0.25, 0.3) is 5.56 Å². The first-order chi connectivity index (χ1) is 8.08. The van der Waals surface area contributed by atoms with Crippen LogP contribution in [0.5, 0.6) is 11.6 Å². The highest BCUT2D eigenvalue weighted by molar-refractivity contribution is 14.1. The Morgan fingerprint density at radius 2 is 2.24 bits per heavy atom. The van der Waals surface area contributed by atoms with E-state index in [2.05, 4.69) is 9.97 Å². The lowest BCUT2D eigenvalue weighted by atomic mass is 10.3. The number of ether oxygens (including phenoxy) is 1. The van der Waals surface area contributed by atoms with Gasteiger partial charge in [0.05, 0.1) is 12.0 Å². The fourth-order valence-electron chi connectivity index (χ4n) is 1.14. The highest BCUT2D eigenvalue weighted by Crippen LogP contribution is 2.30. The second-order valence-corrected chi connectivity index (χ2v) is 4.65. The largest absolute Gasteiger partial charge is 0.435 e. The molecule has 0 amide bonds. The van der Waals surface area contributed by atoms with Crippen LogP contribution in [0.2, 0.25) is 5.02 Å². The third-order valence-electron chi connectivity index (χ3n) is 1.95. The van der Waals surface area contributed by atoms with Gasteiger partial charge in [-0.25, -0.2) is 4.98 Å². The van der Waals surface area contributed by atoms with Gasteiger partial charge in [0.15, 0.2) is 5.75 Å². The van der Waals surface area contributed by atoms with Crippen LogP contribution in [0.3, 0.4) is 0 Å². The molecule has 2 aromatic rings. The lowest BCUT2D eigenvalue weighted by molar-refractivity contribution is 0.458. The molecular formula is C10H7ClIN3O2. The molecule has 88 valence electrons. The molecule has 0 saturated heterocycles.